The zero-order valence-corrected chi connectivity index (χ0v) is 14.1. The molecule has 4 N–H and O–H groups in total. The molecule has 0 bridgehead atoms. The van der Waals surface area contributed by atoms with Gasteiger partial charge < -0.3 is 15.2 Å². The van der Waals surface area contributed by atoms with Crippen LogP contribution in [0.3, 0.4) is 0 Å². The summed E-state index contributed by atoms with van der Waals surface area (Å²) in [4.78, 5) is 0. The minimum Gasteiger partial charge on any atom is -0.493 e. The highest BCUT2D eigenvalue weighted by Gasteiger charge is 2.11. The summed E-state index contributed by atoms with van der Waals surface area (Å²) in [7, 11) is 1.59. The Bertz CT molecular complexity index is 705. The van der Waals surface area contributed by atoms with Crippen LogP contribution in [0.15, 0.2) is 42.5 Å². The molecule has 0 heterocycles. The van der Waals surface area contributed by atoms with Crippen LogP contribution in [0.5, 0.6) is 11.5 Å². The first-order chi connectivity index (χ1) is 11.1. The van der Waals surface area contributed by atoms with Crippen molar-refractivity contribution in [3.05, 3.63) is 58.6 Å². The lowest BCUT2D eigenvalue weighted by atomic mass is 10.2. The van der Waals surface area contributed by atoms with Gasteiger partial charge in [-0.05, 0) is 42.0 Å². The van der Waals surface area contributed by atoms with Gasteiger partial charge in [-0.3, -0.25) is 0 Å². The molecule has 0 fully saturated rings. The van der Waals surface area contributed by atoms with Crippen molar-refractivity contribution in [3.63, 3.8) is 0 Å². The van der Waals surface area contributed by atoms with Crippen molar-refractivity contribution in [1.82, 2.24) is 5.43 Å². The second kappa shape index (κ2) is 8.36. The Labute approximate surface area is 145 Å². The fraction of sp³-hybridized carbons (Fsp3) is 0.125. The number of ether oxygens (including phenoxy) is 2. The first-order valence-corrected chi connectivity index (χ1v) is 7.57. The molecule has 23 heavy (non-hydrogen) atoms. The highest BCUT2D eigenvalue weighted by molar-refractivity contribution is 7.80. The molecule has 120 valence electrons. The summed E-state index contributed by atoms with van der Waals surface area (Å²) in [5.74, 6) is 1.24. The molecule has 0 unspecified atom stereocenters. The number of thiocarbonyl (C=S) groups is 1. The summed E-state index contributed by atoms with van der Waals surface area (Å²) in [6.45, 7) is 0.390. The molecule has 0 saturated heterocycles. The van der Waals surface area contributed by atoms with Crippen molar-refractivity contribution in [2.45, 2.75) is 6.61 Å². The van der Waals surface area contributed by atoms with E-state index in [0.717, 1.165) is 11.1 Å². The van der Waals surface area contributed by atoms with Gasteiger partial charge in [-0.25, -0.2) is 0 Å². The van der Waals surface area contributed by atoms with Crippen molar-refractivity contribution in [1.29, 1.82) is 0 Å². The van der Waals surface area contributed by atoms with E-state index < -0.39 is 0 Å². The lowest BCUT2D eigenvalue weighted by molar-refractivity contribution is -0.499. The number of benzene rings is 2. The van der Waals surface area contributed by atoms with Gasteiger partial charge in [-0.15, -0.1) is 10.5 Å². The Morgan fingerprint density at radius 3 is 2.70 bits per heavy atom. The normalized spacial score (nSPS) is 10.5. The van der Waals surface area contributed by atoms with Crippen LogP contribution in [0.1, 0.15) is 11.1 Å². The maximum atomic E-state index is 5.91. The third-order valence-corrected chi connectivity index (χ3v) is 3.30. The molecule has 2 aromatic rings. The monoisotopic (exact) mass is 350 g/mol. The van der Waals surface area contributed by atoms with E-state index >= 15 is 0 Å². The van der Waals surface area contributed by atoms with E-state index in [2.05, 4.69) is 10.5 Å². The van der Waals surface area contributed by atoms with E-state index in [-0.39, 0.29) is 5.11 Å². The van der Waals surface area contributed by atoms with E-state index in [0.29, 0.717) is 23.1 Å². The second-order valence-corrected chi connectivity index (χ2v) is 5.45. The quantitative estimate of drug-likeness (QED) is 0.414. The maximum absolute atomic E-state index is 5.91. The number of para-hydroxylation sites is 1. The molecule has 0 aliphatic heterocycles. The number of rotatable bonds is 6. The minimum atomic E-state index is 0.146. The number of hydrazine groups is 1. The number of hydrazone groups is 1. The van der Waals surface area contributed by atoms with Gasteiger partial charge >= 0.3 is 0 Å². The molecule has 0 aromatic heterocycles. The molecule has 2 aromatic carbocycles. The predicted molar refractivity (Wildman–Crippen MR) is 94.8 cm³/mol. The first-order valence-electron chi connectivity index (χ1n) is 6.78. The van der Waals surface area contributed by atoms with Crippen LogP contribution in [0.25, 0.3) is 0 Å². The molecule has 0 saturated carbocycles. The fourth-order valence-electron chi connectivity index (χ4n) is 1.88. The number of methoxy groups -OCH3 is 1. The summed E-state index contributed by atoms with van der Waals surface area (Å²) in [6, 6.07) is 13.0. The molecule has 7 heteroatoms. The molecule has 0 aliphatic carbocycles. The average molecular weight is 351 g/mol. The topological polar surface area (TPSA) is 70.5 Å². The van der Waals surface area contributed by atoms with Crippen LogP contribution in [-0.2, 0) is 6.61 Å². The van der Waals surface area contributed by atoms with Crippen molar-refractivity contribution in [3.8, 4) is 11.5 Å². The number of halogens is 1. The Kier molecular flexibility index (Phi) is 6.19. The molecule has 0 aliphatic rings. The van der Waals surface area contributed by atoms with Gasteiger partial charge in [0.2, 0.25) is 11.3 Å². The standard InChI is InChI=1S/C16H16ClN3O2S/c1-21-14-4-2-3-12(9-19-20-16(18)23)15(14)22-10-11-5-7-13(17)8-6-11/h2-9H,10H2,1H3,(H3,18,20,23)/p+1. The summed E-state index contributed by atoms with van der Waals surface area (Å²) in [6.07, 6.45) is 1.69. The van der Waals surface area contributed by atoms with E-state index in [9.17, 15) is 0 Å². The molecule has 0 spiro atoms. The van der Waals surface area contributed by atoms with E-state index in [4.69, 9.17) is 39.0 Å². The summed E-state index contributed by atoms with van der Waals surface area (Å²) >= 11 is 10.6. The van der Waals surface area contributed by atoms with Crippen molar-refractivity contribution in [2.24, 2.45) is 5.73 Å². The Morgan fingerprint density at radius 2 is 2.04 bits per heavy atom. The van der Waals surface area contributed by atoms with E-state index in [1.54, 1.807) is 13.3 Å². The molecule has 0 radical (unpaired) electrons. The Morgan fingerprint density at radius 1 is 1.30 bits per heavy atom. The van der Waals surface area contributed by atoms with Crippen molar-refractivity contribution >= 4 is 35.1 Å². The molecule has 0 amide bonds. The third-order valence-electron chi connectivity index (χ3n) is 2.95. The van der Waals surface area contributed by atoms with Gasteiger partial charge in [0.05, 0.1) is 12.7 Å². The van der Waals surface area contributed by atoms with Crippen LogP contribution in [0, 0.1) is 0 Å². The van der Waals surface area contributed by atoms with Crippen LogP contribution < -0.4 is 25.7 Å². The third kappa shape index (κ3) is 5.12. The van der Waals surface area contributed by atoms with Gasteiger partial charge in [-0.1, -0.05) is 29.8 Å². The van der Waals surface area contributed by atoms with Gasteiger partial charge in [0, 0.05) is 5.02 Å². The average Bonchev–Trinajstić information content (AvgIpc) is 2.54. The minimum absolute atomic E-state index is 0.146. The molecule has 2 rings (SSSR count). The summed E-state index contributed by atoms with van der Waals surface area (Å²) in [5, 5.41) is 3.64. The number of nitrogens with one attached hydrogen (secondary N) is 2. The highest BCUT2D eigenvalue weighted by Crippen LogP contribution is 2.30. The largest absolute Gasteiger partial charge is 0.493 e. The van der Waals surface area contributed by atoms with Gasteiger partial charge in [0.15, 0.2) is 11.5 Å². The zero-order chi connectivity index (χ0) is 16.7. The van der Waals surface area contributed by atoms with Gasteiger partial charge in [0.1, 0.15) is 6.61 Å². The van der Waals surface area contributed by atoms with Crippen LogP contribution in [-0.4, -0.2) is 18.4 Å². The lowest BCUT2D eigenvalue weighted by Crippen LogP contribution is -2.82. The number of nitrogens with two attached hydrogens (primary N) is 1. The summed E-state index contributed by atoms with van der Waals surface area (Å²) in [5.41, 5.74) is 9.79. The van der Waals surface area contributed by atoms with Crippen molar-refractivity contribution < 1.29 is 14.6 Å². The summed E-state index contributed by atoms with van der Waals surface area (Å²) < 4.78 is 11.3. The number of hydrogen-bond donors (Lipinski definition) is 3. The SMILES string of the molecule is COc1cccc(C=[NH+]NC(N)=S)c1OCc1ccc(Cl)cc1. The first kappa shape index (κ1) is 17.1. The van der Waals surface area contributed by atoms with Crippen LogP contribution >= 0.6 is 23.8 Å². The van der Waals surface area contributed by atoms with Crippen LogP contribution in [0.4, 0.5) is 0 Å². The zero-order valence-electron chi connectivity index (χ0n) is 12.5. The predicted octanol–water partition coefficient (Wildman–Crippen LogP) is 1.18. The molecular weight excluding hydrogens is 334 g/mol. The Balaban J connectivity index is 2.19. The molecule has 5 nitrogen and oxygen atoms in total. The lowest BCUT2D eigenvalue weighted by Gasteiger charge is -2.12. The maximum Gasteiger partial charge on any atom is 0.221 e. The smallest absolute Gasteiger partial charge is 0.221 e. The molecular formula is C16H17ClN3O2S+. The van der Waals surface area contributed by atoms with Crippen molar-refractivity contribution in [2.75, 3.05) is 7.11 Å². The van der Waals surface area contributed by atoms with Gasteiger partial charge in [0.25, 0.3) is 0 Å². The second-order valence-electron chi connectivity index (χ2n) is 4.57. The Hall–Kier alpha value is -2.31. The van der Waals surface area contributed by atoms with Crippen LogP contribution in [0.2, 0.25) is 5.02 Å². The fourth-order valence-corrected chi connectivity index (χ4v) is 2.07. The van der Waals surface area contributed by atoms with E-state index in [1.807, 2.05) is 42.5 Å². The molecule has 0 atom stereocenters. The number of hydrogen-bond acceptors (Lipinski definition) is 3. The van der Waals surface area contributed by atoms with Gasteiger partial charge in [-0.2, -0.15) is 0 Å². The van der Waals surface area contributed by atoms with E-state index in [1.165, 1.54) is 0 Å². The highest BCUT2D eigenvalue weighted by atomic mass is 35.5.